The number of rotatable bonds is 5. The number of aromatic nitrogens is 2. The van der Waals surface area contributed by atoms with Crippen molar-refractivity contribution in [2.45, 2.75) is 120 Å². The fourth-order valence-corrected chi connectivity index (χ4v) is 8.83. The van der Waals surface area contributed by atoms with Gasteiger partial charge >= 0.3 is 18.9 Å². The fraction of sp³-hybridized carbons (Fsp3) is 0.774. The summed E-state index contributed by atoms with van der Waals surface area (Å²) in [6.07, 6.45) is 17.0. The van der Waals surface area contributed by atoms with E-state index in [1.165, 1.54) is 80.6 Å². The quantitative estimate of drug-likeness (QED) is 0.411. The summed E-state index contributed by atoms with van der Waals surface area (Å²) in [6.45, 7) is 11.3. The van der Waals surface area contributed by atoms with Gasteiger partial charge in [0, 0.05) is 47.8 Å². The molecular formula is C31H52AlLiN4O2S2. The Kier molecular flexibility index (Phi) is 16.1. The van der Waals surface area contributed by atoms with E-state index in [1.807, 2.05) is 11.3 Å². The molecule has 0 amide bonds. The Morgan fingerprint density at radius 3 is 1.71 bits per heavy atom. The van der Waals surface area contributed by atoms with E-state index < -0.39 is 5.54 Å². The summed E-state index contributed by atoms with van der Waals surface area (Å²) >= 11 is 3.52. The van der Waals surface area contributed by atoms with Crippen molar-refractivity contribution in [3.8, 4) is 0 Å². The van der Waals surface area contributed by atoms with Gasteiger partial charge < -0.3 is 21.5 Å². The van der Waals surface area contributed by atoms with E-state index in [1.54, 1.807) is 11.3 Å². The zero-order valence-electron chi connectivity index (χ0n) is 24.8. The molecule has 10 heteroatoms. The van der Waals surface area contributed by atoms with Crippen molar-refractivity contribution in [1.82, 2.24) is 9.97 Å². The van der Waals surface area contributed by atoms with E-state index in [9.17, 15) is 0 Å². The Morgan fingerprint density at radius 2 is 1.24 bits per heavy atom. The predicted molar refractivity (Wildman–Crippen MR) is 173 cm³/mol. The minimum absolute atomic E-state index is 0. The number of hydrogen-bond acceptors (Lipinski definition) is 7. The first kappa shape index (κ1) is 36.9. The normalized spacial score (nSPS) is 22.4. The average Bonchev–Trinajstić information content (AvgIpc) is 3.71. The summed E-state index contributed by atoms with van der Waals surface area (Å²) in [4.78, 5) is 13.8. The van der Waals surface area contributed by atoms with Gasteiger partial charge in [0.2, 0.25) is 0 Å². The topological polar surface area (TPSA) is 74.6 Å². The monoisotopic (exact) mass is 610 g/mol. The maximum Gasteiger partial charge on any atom is 1.00 e. The summed E-state index contributed by atoms with van der Waals surface area (Å²) in [5.41, 5.74) is 8.35. The summed E-state index contributed by atoms with van der Waals surface area (Å²) in [5.74, 6) is 1.34. The molecule has 2 saturated carbocycles. The zero-order valence-corrected chi connectivity index (χ0v) is 25.4. The van der Waals surface area contributed by atoms with Crippen LogP contribution in [0.15, 0.2) is 10.8 Å². The van der Waals surface area contributed by atoms with Crippen molar-refractivity contribution in [2.24, 2.45) is 5.73 Å². The van der Waals surface area contributed by atoms with Crippen LogP contribution in [0.5, 0.6) is 0 Å². The molecule has 2 aliphatic carbocycles. The molecule has 0 aromatic carbocycles. The van der Waals surface area contributed by atoms with E-state index in [-0.39, 0.29) is 50.5 Å². The second-order valence-corrected chi connectivity index (χ2v) is 13.4. The van der Waals surface area contributed by atoms with Crippen molar-refractivity contribution < 1.29 is 29.8 Å². The molecule has 0 bridgehead atoms. The van der Waals surface area contributed by atoms with E-state index in [0.717, 1.165) is 43.9 Å². The summed E-state index contributed by atoms with van der Waals surface area (Å²) in [7, 11) is 0. The number of nitrogens with zero attached hydrogens (tertiary/aromatic N) is 3. The Morgan fingerprint density at radius 1 is 0.805 bits per heavy atom. The van der Waals surface area contributed by atoms with Crippen LogP contribution in [-0.4, -0.2) is 60.3 Å². The van der Waals surface area contributed by atoms with Gasteiger partial charge in [-0.1, -0.05) is 46.0 Å². The first-order valence-corrected chi connectivity index (χ1v) is 16.6. The largest absolute Gasteiger partial charge is 1.00 e. The molecule has 6 rings (SSSR count). The van der Waals surface area contributed by atoms with Gasteiger partial charge in [0.25, 0.3) is 5.54 Å². The van der Waals surface area contributed by atoms with Crippen LogP contribution in [0.4, 0.5) is 0 Å². The van der Waals surface area contributed by atoms with Crippen molar-refractivity contribution >= 4 is 40.0 Å². The second kappa shape index (κ2) is 17.9. The third-order valence-electron chi connectivity index (χ3n) is 9.32. The molecule has 224 valence electrons. The van der Waals surface area contributed by atoms with Crippen molar-refractivity contribution in [3.63, 3.8) is 0 Å². The Balaban J connectivity index is 0.000000383. The van der Waals surface area contributed by atoms with Gasteiger partial charge in [-0.25, -0.2) is 16.5 Å². The molecule has 0 unspecified atom stereocenters. The van der Waals surface area contributed by atoms with Crippen LogP contribution >= 0.6 is 22.7 Å². The molecule has 0 radical (unpaired) electrons. The molecule has 2 aromatic rings. The molecule has 4 heterocycles. The molecular weight excluding hydrogens is 558 g/mol. The molecule has 0 atom stereocenters. The smallest absolute Gasteiger partial charge is 1.00 e. The summed E-state index contributed by atoms with van der Waals surface area (Å²) < 4.78 is 10.9. The maximum absolute atomic E-state index is 7.57. The van der Waals surface area contributed by atoms with Gasteiger partial charge in [-0.05, 0) is 38.5 Å². The Labute approximate surface area is 280 Å². The van der Waals surface area contributed by atoms with Gasteiger partial charge in [-0.2, -0.15) is 0 Å². The van der Waals surface area contributed by atoms with E-state index in [0.29, 0.717) is 31.6 Å². The molecule has 4 aliphatic rings. The Bertz CT molecular complexity index is 1060. The zero-order chi connectivity index (χ0) is 26.3. The molecule has 6 nitrogen and oxygen atoms in total. The van der Waals surface area contributed by atoms with Gasteiger partial charge in [-0.3, -0.25) is 0 Å². The van der Waals surface area contributed by atoms with Crippen molar-refractivity contribution in [1.29, 1.82) is 0 Å². The van der Waals surface area contributed by atoms with E-state index in [4.69, 9.17) is 31.7 Å². The summed E-state index contributed by atoms with van der Waals surface area (Å²) in [6, 6.07) is 0. The second-order valence-electron chi connectivity index (χ2n) is 11.7. The van der Waals surface area contributed by atoms with Gasteiger partial charge in [0.05, 0.1) is 37.4 Å². The van der Waals surface area contributed by atoms with Crippen LogP contribution in [-0.2, 0) is 20.4 Å². The number of hydrogen-bond donors (Lipinski definition) is 1. The van der Waals surface area contributed by atoms with Crippen LogP contribution in [0, 0.1) is 6.57 Å². The number of ether oxygens (including phenoxy) is 2. The SMILES string of the molecule is C.NCC1(c2nc(C3CCCCC3)cs2)CCOCC1.[AlH3].[C-]#[N+]C1(c2nc(C3CCCCC3)cs2)CCOCC1.[H-].[Li+]. The third kappa shape index (κ3) is 8.91. The predicted octanol–water partition coefficient (Wildman–Crippen LogP) is 3.88. The number of thiazole rings is 2. The van der Waals surface area contributed by atoms with E-state index in [2.05, 4.69) is 15.6 Å². The van der Waals surface area contributed by atoms with Crippen LogP contribution in [0.1, 0.15) is 132 Å². The Hall–Kier alpha value is -0.240. The molecule has 2 saturated heterocycles. The van der Waals surface area contributed by atoms with Crippen LogP contribution in [0.25, 0.3) is 4.85 Å². The molecule has 41 heavy (non-hydrogen) atoms. The number of nitrogens with two attached hydrogens (primary N) is 1. The van der Waals surface area contributed by atoms with Crippen LogP contribution < -0.4 is 24.6 Å². The molecule has 2 aromatic heterocycles. The minimum Gasteiger partial charge on any atom is -1.00 e. The average molecular weight is 611 g/mol. The van der Waals surface area contributed by atoms with Gasteiger partial charge in [-0.15, -0.1) is 22.7 Å². The fourth-order valence-electron chi connectivity index (χ4n) is 6.55. The van der Waals surface area contributed by atoms with Crippen molar-refractivity contribution in [3.05, 3.63) is 43.6 Å². The molecule has 4 fully saturated rings. The van der Waals surface area contributed by atoms with Crippen LogP contribution in [0.3, 0.4) is 0 Å². The third-order valence-corrected chi connectivity index (χ3v) is 11.5. The first-order chi connectivity index (χ1) is 18.7. The maximum atomic E-state index is 7.57. The molecule has 2 aliphatic heterocycles. The minimum atomic E-state index is -0.393. The van der Waals surface area contributed by atoms with E-state index >= 15 is 0 Å². The van der Waals surface area contributed by atoms with Gasteiger partial charge in [0.1, 0.15) is 5.01 Å². The summed E-state index contributed by atoms with van der Waals surface area (Å²) in [5, 5.41) is 6.79. The standard InChI is InChI=1S/C15H20N2OS.C15H24N2OS.CH4.Al.Li.4H/c1-16-15(7-9-18-10-8-15)14-17-13(11-19-14)12-5-3-2-4-6-12;16-11-15(6-8-18-9-7-15)14-17-13(10-19-14)12-4-2-1-3-5-12;;;;;;;/h11-12H,2-10H2;10,12H,1-9,11,16H2;1H4;;;;;;/q;;;;+1;;;;-1. The first-order valence-electron chi connectivity index (χ1n) is 14.8. The van der Waals surface area contributed by atoms with Crippen molar-refractivity contribution in [2.75, 3.05) is 33.0 Å². The van der Waals surface area contributed by atoms with Gasteiger partial charge in [0.15, 0.2) is 22.4 Å². The van der Waals surface area contributed by atoms with Crippen LogP contribution in [0.2, 0.25) is 0 Å². The molecule has 0 spiro atoms. The molecule has 2 N–H and O–H groups in total.